The minimum Gasteiger partial charge on any atom is -0.399 e. The van der Waals surface area contributed by atoms with Gasteiger partial charge in [-0.25, -0.2) is 4.39 Å². The number of thiophene rings is 1. The molecule has 2 N–H and O–H groups in total. The largest absolute Gasteiger partial charge is 0.399 e. The van der Waals surface area contributed by atoms with Gasteiger partial charge in [0, 0.05) is 5.69 Å². The minimum absolute atomic E-state index is 0.128. The van der Waals surface area contributed by atoms with Gasteiger partial charge in [-0.1, -0.05) is 11.2 Å². The van der Waals surface area contributed by atoms with E-state index in [1.807, 2.05) is 17.5 Å². The van der Waals surface area contributed by atoms with Gasteiger partial charge in [0.25, 0.3) is 5.89 Å². The first-order valence-electron chi connectivity index (χ1n) is 5.17. The van der Waals surface area contributed by atoms with Crippen LogP contribution in [-0.2, 0) is 0 Å². The van der Waals surface area contributed by atoms with E-state index < -0.39 is 5.82 Å². The van der Waals surface area contributed by atoms with Crippen LogP contribution in [-0.4, -0.2) is 10.1 Å². The quantitative estimate of drug-likeness (QED) is 0.719. The number of anilines is 1. The zero-order valence-corrected chi connectivity index (χ0v) is 9.95. The van der Waals surface area contributed by atoms with Crippen molar-refractivity contribution in [1.82, 2.24) is 10.1 Å². The molecule has 0 spiro atoms. The van der Waals surface area contributed by atoms with Gasteiger partial charge >= 0.3 is 0 Å². The molecule has 90 valence electrons. The van der Waals surface area contributed by atoms with Crippen LogP contribution in [0, 0.1) is 5.82 Å². The number of nitrogens with two attached hydrogens (primary N) is 1. The first-order chi connectivity index (χ1) is 8.74. The maximum Gasteiger partial charge on any atom is 0.261 e. The lowest BCUT2D eigenvalue weighted by Crippen LogP contribution is -1.89. The SMILES string of the molecule is Nc1ccc(F)c(-c2nc(-c3cccs3)no2)c1. The van der Waals surface area contributed by atoms with Crippen LogP contribution in [0.5, 0.6) is 0 Å². The highest BCUT2D eigenvalue weighted by Crippen LogP contribution is 2.27. The lowest BCUT2D eigenvalue weighted by Gasteiger charge is -1.98. The average Bonchev–Trinajstić information content (AvgIpc) is 3.00. The molecular weight excluding hydrogens is 253 g/mol. The molecule has 0 fully saturated rings. The Bertz CT molecular complexity index is 678. The van der Waals surface area contributed by atoms with Crippen LogP contribution in [0.1, 0.15) is 0 Å². The van der Waals surface area contributed by atoms with Crippen LogP contribution in [0.25, 0.3) is 22.2 Å². The Morgan fingerprint density at radius 1 is 1.28 bits per heavy atom. The summed E-state index contributed by atoms with van der Waals surface area (Å²) in [5, 5.41) is 5.73. The van der Waals surface area contributed by atoms with E-state index in [1.165, 1.54) is 29.5 Å². The topological polar surface area (TPSA) is 64.9 Å². The summed E-state index contributed by atoms with van der Waals surface area (Å²) in [6, 6.07) is 7.99. The Labute approximate surface area is 106 Å². The van der Waals surface area contributed by atoms with Crippen LogP contribution >= 0.6 is 11.3 Å². The summed E-state index contributed by atoms with van der Waals surface area (Å²) in [6.45, 7) is 0. The van der Waals surface area contributed by atoms with Crippen LogP contribution < -0.4 is 5.73 Å². The monoisotopic (exact) mass is 261 g/mol. The number of hydrogen-bond donors (Lipinski definition) is 1. The van der Waals surface area contributed by atoms with E-state index in [-0.39, 0.29) is 11.5 Å². The van der Waals surface area contributed by atoms with Crippen molar-refractivity contribution >= 4 is 17.0 Å². The first-order valence-corrected chi connectivity index (χ1v) is 6.05. The van der Waals surface area contributed by atoms with Gasteiger partial charge in [-0.05, 0) is 29.6 Å². The second-order valence-corrected chi connectivity index (χ2v) is 4.59. The van der Waals surface area contributed by atoms with Gasteiger partial charge in [0.15, 0.2) is 0 Å². The van der Waals surface area contributed by atoms with Gasteiger partial charge in [-0.2, -0.15) is 4.98 Å². The second kappa shape index (κ2) is 4.23. The van der Waals surface area contributed by atoms with Crippen molar-refractivity contribution in [3.63, 3.8) is 0 Å². The maximum absolute atomic E-state index is 13.6. The van der Waals surface area contributed by atoms with Crippen molar-refractivity contribution in [3.8, 4) is 22.2 Å². The minimum atomic E-state index is -0.439. The molecule has 3 aromatic rings. The highest BCUT2D eigenvalue weighted by atomic mass is 32.1. The highest BCUT2D eigenvalue weighted by Gasteiger charge is 2.14. The van der Waals surface area contributed by atoms with Crippen LogP contribution in [0.4, 0.5) is 10.1 Å². The second-order valence-electron chi connectivity index (χ2n) is 3.64. The molecule has 2 heterocycles. The number of nitrogen functional groups attached to an aromatic ring is 1. The standard InChI is InChI=1S/C12H8FN3OS/c13-9-4-3-7(14)6-8(9)12-15-11(16-17-12)10-2-1-5-18-10/h1-6H,14H2. The summed E-state index contributed by atoms with van der Waals surface area (Å²) in [5.74, 6) is 0.135. The molecule has 0 aliphatic carbocycles. The molecule has 0 atom stereocenters. The Balaban J connectivity index is 2.05. The molecule has 18 heavy (non-hydrogen) atoms. The van der Waals surface area contributed by atoms with Gasteiger partial charge in [0.2, 0.25) is 5.82 Å². The Morgan fingerprint density at radius 2 is 2.17 bits per heavy atom. The number of aromatic nitrogens is 2. The summed E-state index contributed by atoms with van der Waals surface area (Å²) >= 11 is 1.49. The summed E-state index contributed by atoms with van der Waals surface area (Å²) in [7, 11) is 0. The van der Waals surface area contributed by atoms with Crippen molar-refractivity contribution in [3.05, 3.63) is 41.5 Å². The molecule has 0 aliphatic rings. The van der Waals surface area contributed by atoms with E-state index >= 15 is 0 Å². The van der Waals surface area contributed by atoms with Gasteiger partial charge < -0.3 is 10.3 Å². The fourth-order valence-electron chi connectivity index (χ4n) is 1.55. The molecule has 0 radical (unpaired) electrons. The van der Waals surface area contributed by atoms with E-state index in [1.54, 1.807) is 0 Å². The summed E-state index contributed by atoms with van der Waals surface area (Å²) in [4.78, 5) is 5.03. The average molecular weight is 261 g/mol. The van der Waals surface area contributed by atoms with Crippen molar-refractivity contribution in [2.75, 3.05) is 5.73 Å². The molecule has 2 aromatic heterocycles. The van der Waals surface area contributed by atoms with Crippen molar-refractivity contribution in [2.45, 2.75) is 0 Å². The molecule has 0 saturated heterocycles. The highest BCUT2D eigenvalue weighted by molar-refractivity contribution is 7.13. The summed E-state index contributed by atoms with van der Waals surface area (Å²) in [5.41, 5.74) is 6.27. The third-order valence-corrected chi connectivity index (χ3v) is 3.25. The first kappa shape index (κ1) is 10.9. The van der Waals surface area contributed by atoms with E-state index in [4.69, 9.17) is 10.3 Å². The zero-order chi connectivity index (χ0) is 12.5. The Kier molecular flexibility index (Phi) is 2.56. The molecule has 0 amide bonds. The Morgan fingerprint density at radius 3 is 2.94 bits per heavy atom. The van der Waals surface area contributed by atoms with Crippen molar-refractivity contribution in [2.24, 2.45) is 0 Å². The zero-order valence-electron chi connectivity index (χ0n) is 9.13. The smallest absolute Gasteiger partial charge is 0.261 e. The summed E-state index contributed by atoms with van der Waals surface area (Å²) < 4.78 is 18.7. The van der Waals surface area contributed by atoms with Crippen molar-refractivity contribution in [1.29, 1.82) is 0 Å². The van der Waals surface area contributed by atoms with Crippen LogP contribution in [0.3, 0.4) is 0 Å². The maximum atomic E-state index is 13.6. The number of nitrogens with zero attached hydrogens (tertiary/aromatic N) is 2. The fraction of sp³-hybridized carbons (Fsp3) is 0. The molecule has 3 rings (SSSR count). The molecule has 0 aliphatic heterocycles. The molecule has 0 unspecified atom stereocenters. The molecular formula is C12H8FN3OS. The molecule has 0 bridgehead atoms. The van der Waals surface area contributed by atoms with Crippen LogP contribution in [0.2, 0.25) is 0 Å². The van der Waals surface area contributed by atoms with E-state index in [9.17, 15) is 4.39 Å². The molecule has 6 heteroatoms. The number of halogens is 1. The lowest BCUT2D eigenvalue weighted by atomic mass is 10.2. The summed E-state index contributed by atoms with van der Waals surface area (Å²) in [6.07, 6.45) is 0. The van der Waals surface area contributed by atoms with Crippen LogP contribution in [0.15, 0.2) is 40.2 Å². The van der Waals surface area contributed by atoms with Gasteiger partial charge in [-0.15, -0.1) is 11.3 Å². The van der Waals surface area contributed by atoms with Gasteiger partial charge in [0.05, 0.1) is 10.4 Å². The van der Waals surface area contributed by atoms with Gasteiger partial charge in [-0.3, -0.25) is 0 Å². The Hall–Kier alpha value is -2.21. The lowest BCUT2D eigenvalue weighted by molar-refractivity contribution is 0.430. The molecule has 4 nitrogen and oxygen atoms in total. The predicted octanol–water partition coefficient (Wildman–Crippen LogP) is 3.19. The van der Waals surface area contributed by atoms with E-state index in [0.717, 1.165) is 4.88 Å². The van der Waals surface area contributed by atoms with E-state index in [0.29, 0.717) is 11.5 Å². The number of benzene rings is 1. The number of rotatable bonds is 2. The third-order valence-electron chi connectivity index (χ3n) is 2.39. The molecule has 1 aromatic carbocycles. The predicted molar refractivity (Wildman–Crippen MR) is 67.4 cm³/mol. The normalized spacial score (nSPS) is 10.7. The number of hydrogen-bond acceptors (Lipinski definition) is 5. The van der Waals surface area contributed by atoms with Crippen molar-refractivity contribution < 1.29 is 8.91 Å². The van der Waals surface area contributed by atoms with Gasteiger partial charge in [0.1, 0.15) is 5.82 Å². The molecule has 0 saturated carbocycles. The third kappa shape index (κ3) is 1.86. The van der Waals surface area contributed by atoms with E-state index in [2.05, 4.69) is 10.1 Å². The fourth-order valence-corrected chi connectivity index (χ4v) is 2.19.